The number of amides is 1. The van der Waals surface area contributed by atoms with Crippen LogP contribution >= 0.6 is 15.9 Å². The molecule has 9 nitrogen and oxygen atoms in total. The maximum Gasteiger partial charge on any atom is 0.293 e. The molecule has 136 valence electrons. The van der Waals surface area contributed by atoms with E-state index in [2.05, 4.69) is 36.8 Å². The average Bonchev–Trinajstić information content (AvgIpc) is 3.05. The molecular formula is C17H13BrN6O3. The molecule has 3 rings (SSSR count). The molecule has 0 atom stereocenters. The molecule has 2 aromatic carbocycles. The van der Waals surface area contributed by atoms with Crippen molar-refractivity contribution in [3.05, 3.63) is 80.1 Å². The molecule has 0 unspecified atom stereocenters. The van der Waals surface area contributed by atoms with Crippen molar-refractivity contribution in [1.82, 2.24) is 20.4 Å². The predicted octanol–water partition coefficient (Wildman–Crippen LogP) is 3.01. The van der Waals surface area contributed by atoms with Gasteiger partial charge in [-0.05, 0) is 36.8 Å². The molecule has 1 N–H and O–H groups in total. The van der Waals surface area contributed by atoms with Gasteiger partial charge in [0.25, 0.3) is 11.6 Å². The van der Waals surface area contributed by atoms with Crippen LogP contribution in [-0.2, 0) is 0 Å². The van der Waals surface area contributed by atoms with E-state index in [4.69, 9.17) is 0 Å². The highest BCUT2D eigenvalue weighted by Gasteiger charge is 2.17. The lowest BCUT2D eigenvalue weighted by atomic mass is 10.2. The number of aromatic nitrogens is 3. The van der Waals surface area contributed by atoms with E-state index in [1.165, 1.54) is 35.2 Å². The fourth-order valence-corrected chi connectivity index (χ4v) is 2.53. The Kier molecular flexibility index (Phi) is 5.36. The highest BCUT2D eigenvalue weighted by atomic mass is 79.9. The molecule has 1 aromatic heterocycles. The first-order valence-electron chi connectivity index (χ1n) is 7.72. The number of nitro groups is 1. The van der Waals surface area contributed by atoms with Gasteiger partial charge in [0.15, 0.2) is 5.69 Å². The number of benzene rings is 2. The highest BCUT2D eigenvalue weighted by molar-refractivity contribution is 9.10. The molecular weight excluding hydrogens is 416 g/mol. The van der Waals surface area contributed by atoms with Crippen LogP contribution in [0.1, 0.15) is 21.7 Å². The van der Waals surface area contributed by atoms with Crippen LogP contribution in [0.2, 0.25) is 0 Å². The normalized spacial score (nSPS) is 10.9. The first-order valence-corrected chi connectivity index (χ1v) is 8.51. The summed E-state index contributed by atoms with van der Waals surface area (Å²) in [6, 6.07) is 13.2. The Morgan fingerprint density at radius 3 is 2.52 bits per heavy atom. The van der Waals surface area contributed by atoms with E-state index in [-0.39, 0.29) is 11.4 Å². The summed E-state index contributed by atoms with van der Waals surface area (Å²) in [5, 5.41) is 22.5. The van der Waals surface area contributed by atoms with E-state index in [0.717, 1.165) is 10.0 Å². The first kappa shape index (κ1) is 18.4. The number of hydrazone groups is 1. The molecule has 0 aliphatic heterocycles. The van der Waals surface area contributed by atoms with Gasteiger partial charge < -0.3 is 0 Å². The minimum absolute atomic E-state index is 0.0308. The number of nitrogens with one attached hydrogen (secondary N) is 1. The van der Waals surface area contributed by atoms with Crippen molar-refractivity contribution in [2.75, 3.05) is 0 Å². The molecule has 0 bridgehead atoms. The molecule has 0 fully saturated rings. The molecule has 3 aromatic rings. The second kappa shape index (κ2) is 7.87. The zero-order valence-corrected chi connectivity index (χ0v) is 15.6. The van der Waals surface area contributed by atoms with E-state index in [9.17, 15) is 14.9 Å². The Hall–Kier alpha value is -3.40. The summed E-state index contributed by atoms with van der Waals surface area (Å²) < 4.78 is 2.37. The largest absolute Gasteiger partial charge is 0.293 e. The van der Waals surface area contributed by atoms with Crippen LogP contribution in [0.25, 0.3) is 5.69 Å². The van der Waals surface area contributed by atoms with Crippen molar-refractivity contribution in [1.29, 1.82) is 0 Å². The van der Waals surface area contributed by atoms with Gasteiger partial charge in [-0.2, -0.15) is 5.10 Å². The van der Waals surface area contributed by atoms with Crippen molar-refractivity contribution in [2.45, 2.75) is 6.92 Å². The summed E-state index contributed by atoms with van der Waals surface area (Å²) >= 11 is 3.34. The molecule has 0 aliphatic carbocycles. The van der Waals surface area contributed by atoms with Gasteiger partial charge in [-0.1, -0.05) is 33.3 Å². The maximum atomic E-state index is 12.3. The fourth-order valence-electron chi connectivity index (χ4n) is 2.27. The monoisotopic (exact) mass is 428 g/mol. The molecule has 0 spiro atoms. The van der Waals surface area contributed by atoms with Gasteiger partial charge in [-0.3, -0.25) is 14.9 Å². The van der Waals surface area contributed by atoms with Crippen LogP contribution in [0.3, 0.4) is 0 Å². The number of halogens is 1. The topological polar surface area (TPSA) is 115 Å². The minimum Gasteiger partial charge on any atom is -0.265 e. The number of hydrogen-bond acceptors (Lipinski definition) is 6. The molecule has 0 aliphatic rings. The number of rotatable bonds is 5. The van der Waals surface area contributed by atoms with Crippen LogP contribution in [0.4, 0.5) is 5.69 Å². The van der Waals surface area contributed by atoms with Gasteiger partial charge in [0, 0.05) is 16.6 Å². The van der Waals surface area contributed by atoms with E-state index in [1.807, 2.05) is 24.3 Å². The SMILES string of the molecule is Cc1c(C(=O)N/N=C/c2ccc(Br)cc2)nnn1-c1ccc([N+](=O)[O-])cc1. The van der Waals surface area contributed by atoms with E-state index < -0.39 is 10.8 Å². The molecule has 0 saturated carbocycles. The van der Waals surface area contributed by atoms with Gasteiger partial charge in [0.1, 0.15) is 0 Å². The zero-order chi connectivity index (χ0) is 19.4. The van der Waals surface area contributed by atoms with Crippen LogP contribution in [0, 0.1) is 17.0 Å². The van der Waals surface area contributed by atoms with Gasteiger partial charge in [-0.15, -0.1) is 5.10 Å². The first-order chi connectivity index (χ1) is 13.0. The number of nitro benzene ring substituents is 1. The number of carbonyl (C=O) groups excluding carboxylic acids is 1. The lowest BCUT2D eigenvalue weighted by molar-refractivity contribution is -0.384. The Morgan fingerprint density at radius 2 is 1.89 bits per heavy atom. The van der Waals surface area contributed by atoms with Gasteiger partial charge in [-0.25, -0.2) is 10.1 Å². The molecule has 27 heavy (non-hydrogen) atoms. The Morgan fingerprint density at radius 1 is 1.22 bits per heavy atom. The van der Waals surface area contributed by atoms with E-state index in [1.54, 1.807) is 6.92 Å². The Labute approximate surface area is 162 Å². The van der Waals surface area contributed by atoms with Gasteiger partial charge in [0.2, 0.25) is 0 Å². The van der Waals surface area contributed by atoms with Crippen molar-refractivity contribution >= 4 is 33.7 Å². The molecule has 0 saturated heterocycles. The fraction of sp³-hybridized carbons (Fsp3) is 0.0588. The van der Waals surface area contributed by atoms with E-state index >= 15 is 0 Å². The van der Waals surface area contributed by atoms with Gasteiger partial charge >= 0.3 is 0 Å². The van der Waals surface area contributed by atoms with Crippen molar-refractivity contribution in [3.63, 3.8) is 0 Å². The van der Waals surface area contributed by atoms with Crippen molar-refractivity contribution in [2.24, 2.45) is 5.10 Å². The van der Waals surface area contributed by atoms with Crippen LogP contribution in [-0.4, -0.2) is 32.0 Å². The third-order valence-electron chi connectivity index (χ3n) is 3.66. The highest BCUT2D eigenvalue weighted by Crippen LogP contribution is 2.17. The zero-order valence-electron chi connectivity index (χ0n) is 14.0. The third-order valence-corrected chi connectivity index (χ3v) is 4.19. The van der Waals surface area contributed by atoms with Crippen LogP contribution in [0.15, 0.2) is 58.1 Å². The average molecular weight is 429 g/mol. The lowest BCUT2D eigenvalue weighted by Crippen LogP contribution is -2.19. The summed E-state index contributed by atoms with van der Waals surface area (Å²) in [5.74, 6) is -0.506. The molecule has 10 heteroatoms. The maximum absolute atomic E-state index is 12.3. The summed E-state index contributed by atoms with van der Waals surface area (Å²) in [6.07, 6.45) is 1.51. The summed E-state index contributed by atoms with van der Waals surface area (Å²) in [7, 11) is 0. The van der Waals surface area contributed by atoms with Crippen molar-refractivity contribution < 1.29 is 9.72 Å². The molecule has 1 heterocycles. The van der Waals surface area contributed by atoms with E-state index in [0.29, 0.717) is 11.4 Å². The van der Waals surface area contributed by atoms with Crippen LogP contribution in [0.5, 0.6) is 0 Å². The van der Waals surface area contributed by atoms with Crippen molar-refractivity contribution in [3.8, 4) is 5.69 Å². The summed E-state index contributed by atoms with van der Waals surface area (Å²) in [6.45, 7) is 1.68. The lowest BCUT2D eigenvalue weighted by Gasteiger charge is -2.03. The summed E-state index contributed by atoms with van der Waals surface area (Å²) in [4.78, 5) is 22.5. The number of nitrogens with zero attached hydrogens (tertiary/aromatic N) is 5. The Balaban J connectivity index is 1.73. The number of hydrogen-bond donors (Lipinski definition) is 1. The minimum atomic E-state index is -0.506. The second-order valence-electron chi connectivity index (χ2n) is 5.46. The Bertz CT molecular complexity index is 1010. The molecule has 1 amide bonds. The van der Waals surface area contributed by atoms with Gasteiger partial charge in [0.05, 0.1) is 22.5 Å². The molecule has 0 radical (unpaired) electrons. The predicted molar refractivity (Wildman–Crippen MR) is 102 cm³/mol. The second-order valence-corrected chi connectivity index (χ2v) is 6.38. The van der Waals surface area contributed by atoms with Crippen LogP contribution < -0.4 is 5.43 Å². The summed E-state index contributed by atoms with van der Waals surface area (Å²) in [5.41, 5.74) is 4.36. The quantitative estimate of drug-likeness (QED) is 0.380. The number of non-ortho nitro benzene ring substituents is 1. The third kappa shape index (κ3) is 4.23. The smallest absolute Gasteiger partial charge is 0.265 e. The number of carbonyl (C=O) groups is 1. The standard InChI is InChI=1S/C17H13BrN6O3/c1-11-16(17(25)21-19-10-12-2-4-13(18)5-3-12)20-22-23(11)14-6-8-15(9-7-14)24(26)27/h2-10H,1H3,(H,21,25)/b19-10+.